The van der Waals surface area contributed by atoms with E-state index in [0.29, 0.717) is 37.8 Å². The molecule has 2 rings (SSSR count). The second-order valence-corrected chi connectivity index (χ2v) is 7.92. The summed E-state index contributed by atoms with van der Waals surface area (Å²) in [5.41, 5.74) is 6.80. The van der Waals surface area contributed by atoms with Crippen LogP contribution in [0.15, 0.2) is 30.3 Å². The highest BCUT2D eigenvalue weighted by molar-refractivity contribution is 5.85. The topological polar surface area (TPSA) is 75.4 Å². The van der Waals surface area contributed by atoms with Crippen molar-refractivity contribution in [2.75, 3.05) is 26.2 Å². The van der Waals surface area contributed by atoms with E-state index in [2.05, 4.69) is 17.4 Å². The van der Waals surface area contributed by atoms with Gasteiger partial charge in [-0.25, -0.2) is 0 Å². The van der Waals surface area contributed by atoms with E-state index in [9.17, 15) is 9.59 Å². The highest BCUT2D eigenvalue weighted by atomic mass is 35.5. The molecule has 26 heavy (non-hydrogen) atoms. The van der Waals surface area contributed by atoms with Crippen LogP contribution in [0.25, 0.3) is 0 Å². The summed E-state index contributed by atoms with van der Waals surface area (Å²) in [6.07, 6.45) is 1.13. The zero-order valence-electron chi connectivity index (χ0n) is 16.0. The molecular formula is C20H32ClN3O2. The summed E-state index contributed by atoms with van der Waals surface area (Å²) >= 11 is 0. The van der Waals surface area contributed by atoms with Gasteiger partial charge in [0, 0.05) is 37.4 Å². The fraction of sp³-hybridized carbons (Fsp3) is 0.600. The smallest absolute Gasteiger partial charge is 0.225 e. The SMILES string of the molecule is CC(C)(C)C(=O)NCCCC(=O)N1C[C@@H](CN)[C@H](c2ccccc2)C1.Cl. The molecule has 0 radical (unpaired) electrons. The Morgan fingerprint density at radius 2 is 1.85 bits per heavy atom. The number of rotatable bonds is 6. The molecule has 0 spiro atoms. The average molecular weight is 382 g/mol. The standard InChI is InChI=1S/C20H31N3O2.ClH/c1-20(2,3)19(25)22-11-7-10-18(24)23-13-16(12-21)17(14-23)15-8-5-4-6-9-15;/h4-6,8-9,16-17H,7,10-14,21H2,1-3H3,(H,22,25);1H/t16-,17+;/m1./s1. The number of nitrogens with two attached hydrogens (primary N) is 1. The van der Waals surface area contributed by atoms with Gasteiger partial charge in [-0.1, -0.05) is 51.1 Å². The minimum Gasteiger partial charge on any atom is -0.356 e. The number of carbonyl (C=O) groups excluding carboxylic acids is 2. The Kier molecular flexibility index (Phi) is 8.57. The van der Waals surface area contributed by atoms with Gasteiger partial charge in [-0.2, -0.15) is 0 Å². The number of benzene rings is 1. The molecule has 1 saturated heterocycles. The number of nitrogens with one attached hydrogen (secondary N) is 1. The van der Waals surface area contributed by atoms with Crippen LogP contribution >= 0.6 is 12.4 Å². The molecule has 2 atom stereocenters. The Labute approximate surface area is 163 Å². The van der Waals surface area contributed by atoms with E-state index >= 15 is 0 Å². The van der Waals surface area contributed by atoms with Crippen LogP contribution in [-0.2, 0) is 9.59 Å². The maximum absolute atomic E-state index is 12.5. The number of nitrogens with zero attached hydrogens (tertiary/aromatic N) is 1. The summed E-state index contributed by atoms with van der Waals surface area (Å²) in [7, 11) is 0. The van der Waals surface area contributed by atoms with Crippen molar-refractivity contribution in [2.45, 2.75) is 39.5 Å². The number of amides is 2. The largest absolute Gasteiger partial charge is 0.356 e. The molecule has 0 unspecified atom stereocenters. The average Bonchev–Trinajstić information content (AvgIpc) is 3.02. The van der Waals surface area contributed by atoms with Gasteiger partial charge < -0.3 is 16.0 Å². The van der Waals surface area contributed by atoms with E-state index in [4.69, 9.17) is 5.73 Å². The van der Waals surface area contributed by atoms with Crippen LogP contribution in [-0.4, -0.2) is 42.9 Å². The van der Waals surface area contributed by atoms with Gasteiger partial charge in [-0.05, 0) is 24.4 Å². The molecule has 0 saturated carbocycles. The van der Waals surface area contributed by atoms with Crippen molar-refractivity contribution < 1.29 is 9.59 Å². The number of hydrogen-bond donors (Lipinski definition) is 2. The van der Waals surface area contributed by atoms with Gasteiger partial charge in [0.25, 0.3) is 0 Å². The molecule has 3 N–H and O–H groups in total. The first-order valence-corrected chi connectivity index (χ1v) is 9.14. The third-order valence-corrected chi connectivity index (χ3v) is 4.86. The van der Waals surface area contributed by atoms with Gasteiger partial charge in [0.1, 0.15) is 0 Å². The Morgan fingerprint density at radius 3 is 2.42 bits per heavy atom. The highest BCUT2D eigenvalue weighted by Crippen LogP contribution is 2.32. The minimum absolute atomic E-state index is 0. The normalized spacial score (nSPS) is 19.8. The second-order valence-electron chi connectivity index (χ2n) is 7.92. The van der Waals surface area contributed by atoms with Gasteiger partial charge in [-0.15, -0.1) is 12.4 Å². The molecule has 5 nitrogen and oxygen atoms in total. The molecular weight excluding hydrogens is 350 g/mol. The number of carbonyl (C=O) groups is 2. The quantitative estimate of drug-likeness (QED) is 0.743. The van der Waals surface area contributed by atoms with Crippen molar-refractivity contribution >= 4 is 24.2 Å². The Balaban J connectivity index is 0.00000338. The fourth-order valence-corrected chi connectivity index (χ4v) is 3.26. The first-order valence-electron chi connectivity index (χ1n) is 9.14. The van der Waals surface area contributed by atoms with Crippen molar-refractivity contribution in [1.82, 2.24) is 10.2 Å². The molecule has 1 aliphatic rings. The lowest BCUT2D eigenvalue weighted by Crippen LogP contribution is -2.36. The second kappa shape index (κ2) is 9.93. The zero-order chi connectivity index (χ0) is 18.4. The molecule has 0 bridgehead atoms. The monoisotopic (exact) mass is 381 g/mol. The Bertz CT molecular complexity index is 586. The Morgan fingerprint density at radius 1 is 1.19 bits per heavy atom. The van der Waals surface area contributed by atoms with Gasteiger partial charge in [0.2, 0.25) is 11.8 Å². The lowest BCUT2D eigenvalue weighted by Gasteiger charge is -2.19. The van der Waals surface area contributed by atoms with E-state index in [-0.39, 0.29) is 24.2 Å². The van der Waals surface area contributed by atoms with Crippen molar-refractivity contribution in [3.8, 4) is 0 Å². The summed E-state index contributed by atoms with van der Waals surface area (Å²) in [6, 6.07) is 10.3. The first kappa shape index (κ1) is 22.5. The van der Waals surface area contributed by atoms with Crippen molar-refractivity contribution in [2.24, 2.45) is 17.1 Å². The molecule has 0 aromatic heterocycles. The molecule has 1 fully saturated rings. The van der Waals surface area contributed by atoms with Crippen molar-refractivity contribution in [3.05, 3.63) is 35.9 Å². The van der Waals surface area contributed by atoms with Gasteiger partial charge in [0.15, 0.2) is 0 Å². The summed E-state index contributed by atoms with van der Waals surface area (Å²) in [5.74, 6) is 0.804. The van der Waals surface area contributed by atoms with Crippen LogP contribution in [0.3, 0.4) is 0 Å². The molecule has 146 valence electrons. The van der Waals surface area contributed by atoms with Crippen LogP contribution < -0.4 is 11.1 Å². The van der Waals surface area contributed by atoms with Crippen molar-refractivity contribution in [1.29, 1.82) is 0 Å². The van der Waals surface area contributed by atoms with Crippen LogP contribution in [0.5, 0.6) is 0 Å². The molecule has 0 aliphatic carbocycles. The first-order chi connectivity index (χ1) is 11.8. The van der Waals surface area contributed by atoms with E-state index in [1.165, 1.54) is 5.56 Å². The fourth-order valence-electron chi connectivity index (χ4n) is 3.26. The predicted octanol–water partition coefficient (Wildman–Crippen LogP) is 2.55. The molecule has 1 aromatic carbocycles. The van der Waals surface area contributed by atoms with Crippen LogP contribution in [0.1, 0.15) is 45.1 Å². The van der Waals surface area contributed by atoms with Crippen molar-refractivity contribution in [3.63, 3.8) is 0 Å². The van der Waals surface area contributed by atoms with Crippen LogP contribution in [0.4, 0.5) is 0 Å². The highest BCUT2D eigenvalue weighted by Gasteiger charge is 2.34. The molecule has 6 heteroatoms. The Hall–Kier alpha value is -1.59. The lowest BCUT2D eigenvalue weighted by molar-refractivity contribution is -0.131. The van der Waals surface area contributed by atoms with E-state index in [1.54, 1.807) is 0 Å². The molecule has 1 aromatic rings. The van der Waals surface area contributed by atoms with Crippen LogP contribution in [0, 0.1) is 11.3 Å². The maximum Gasteiger partial charge on any atom is 0.225 e. The van der Waals surface area contributed by atoms with E-state index < -0.39 is 5.41 Å². The zero-order valence-corrected chi connectivity index (χ0v) is 16.8. The number of hydrogen-bond acceptors (Lipinski definition) is 3. The maximum atomic E-state index is 12.5. The van der Waals surface area contributed by atoms with E-state index in [1.807, 2.05) is 43.9 Å². The third-order valence-electron chi connectivity index (χ3n) is 4.86. The minimum atomic E-state index is -0.393. The lowest BCUT2D eigenvalue weighted by atomic mass is 9.89. The van der Waals surface area contributed by atoms with Gasteiger partial charge in [-0.3, -0.25) is 9.59 Å². The third kappa shape index (κ3) is 5.99. The summed E-state index contributed by atoms with van der Waals surface area (Å²) in [6.45, 7) is 8.24. The van der Waals surface area contributed by atoms with Crippen LogP contribution in [0.2, 0.25) is 0 Å². The predicted molar refractivity (Wildman–Crippen MR) is 107 cm³/mol. The summed E-state index contributed by atoms with van der Waals surface area (Å²) < 4.78 is 0. The summed E-state index contributed by atoms with van der Waals surface area (Å²) in [5, 5.41) is 2.89. The van der Waals surface area contributed by atoms with Gasteiger partial charge in [0.05, 0.1) is 0 Å². The molecule has 1 aliphatic heterocycles. The summed E-state index contributed by atoms with van der Waals surface area (Å²) in [4.78, 5) is 26.3. The molecule has 1 heterocycles. The number of likely N-dealkylation sites (tertiary alicyclic amines) is 1. The number of halogens is 1. The van der Waals surface area contributed by atoms with Gasteiger partial charge >= 0.3 is 0 Å². The molecule has 2 amide bonds. The van der Waals surface area contributed by atoms with E-state index in [0.717, 1.165) is 13.1 Å².